The number of thiazole rings is 1. The molecule has 0 aliphatic rings. The third-order valence-corrected chi connectivity index (χ3v) is 3.56. The standard InChI is InChI=1S/C12H14N2O2S/c1-9(16-2)12-13-10(8-17-12)7-14-6-4-3-5-11(14)15/h3-6,8-9H,7H2,1-2H3/t9-/m1/s1. The fourth-order valence-electron chi connectivity index (χ4n) is 1.45. The highest BCUT2D eigenvalue weighted by Crippen LogP contribution is 2.20. The van der Waals surface area contributed by atoms with Crippen LogP contribution in [-0.4, -0.2) is 16.7 Å². The number of hydrogen-bond acceptors (Lipinski definition) is 4. The molecule has 2 heterocycles. The van der Waals surface area contributed by atoms with Crippen LogP contribution in [-0.2, 0) is 11.3 Å². The van der Waals surface area contributed by atoms with Crippen molar-refractivity contribution in [2.45, 2.75) is 19.6 Å². The molecular formula is C12H14N2O2S. The summed E-state index contributed by atoms with van der Waals surface area (Å²) >= 11 is 1.56. The van der Waals surface area contributed by atoms with Gasteiger partial charge in [0.25, 0.3) is 5.56 Å². The Morgan fingerprint density at radius 1 is 1.53 bits per heavy atom. The first-order valence-corrected chi connectivity index (χ1v) is 6.21. The predicted octanol–water partition coefficient (Wildman–Crippen LogP) is 2.06. The monoisotopic (exact) mass is 250 g/mol. The van der Waals surface area contributed by atoms with Crippen molar-refractivity contribution >= 4 is 11.3 Å². The molecule has 90 valence electrons. The molecule has 0 saturated heterocycles. The number of aromatic nitrogens is 2. The number of pyridine rings is 1. The lowest BCUT2D eigenvalue weighted by Crippen LogP contribution is -2.18. The largest absolute Gasteiger partial charge is 0.375 e. The molecule has 0 radical (unpaired) electrons. The fraction of sp³-hybridized carbons (Fsp3) is 0.333. The average molecular weight is 250 g/mol. The van der Waals surface area contributed by atoms with E-state index in [1.807, 2.05) is 18.4 Å². The SMILES string of the molecule is CO[C@H](C)c1nc(Cn2ccccc2=O)cs1. The number of methoxy groups -OCH3 is 1. The summed E-state index contributed by atoms with van der Waals surface area (Å²) in [5, 5.41) is 2.90. The Balaban J connectivity index is 2.17. The van der Waals surface area contributed by atoms with Crippen molar-refractivity contribution in [1.82, 2.24) is 9.55 Å². The van der Waals surface area contributed by atoms with E-state index in [1.54, 1.807) is 41.3 Å². The Hall–Kier alpha value is -1.46. The quantitative estimate of drug-likeness (QED) is 0.834. The molecule has 0 spiro atoms. The van der Waals surface area contributed by atoms with E-state index in [0.717, 1.165) is 10.7 Å². The van der Waals surface area contributed by atoms with Gasteiger partial charge < -0.3 is 9.30 Å². The molecule has 0 aliphatic carbocycles. The van der Waals surface area contributed by atoms with Crippen LogP contribution in [0.1, 0.15) is 23.7 Å². The van der Waals surface area contributed by atoms with Crippen molar-refractivity contribution in [2.24, 2.45) is 0 Å². The second kappa shape index (κ2) is 5.25. The van der Waals surface area contributed by atoms with E-state index in [2.05, 4.69) is 4.98 Å². The van der Waals surface area contributed by atoms with E-state index in [-0.39, 0.29) is 11.7 Å². The van der Waals surface area contributed by atoms with E-state index in [4.69, 9.17) is 4.74 Å². The van der Waals surface area contributed by atoms with Gasteiger partial charge in [0.05, 0.1) is 12.2 Å². The van der Waals surface area contributed by atoms with Gasteiger partial charge in [0.1, 0.15) is 11.1 Å². The molecule has 2 aromatic rings. The normalized spacial score (nSPS) is 12.6. The van der Waals surface area contributed by atoms with Crippen LogP contribution in [0.5, 0.6) is 0 Å². The molecule has 4 nitrogen and oxygen atoms in total. The maximum absolute atomic E-state index is 11.5. The molecule has 0 unspecified atom stereocenters. The van der Waals surface area contributed by atoms with Crippen molar-refractivity contribution in [3.8, 4) is 0 Å². The lowest BCUT2D eigenvalue weighted by molar-refractivity contribution is 0.119. The van der Waals surface area contributed by atoms with Crippen LogP contribution in [0.15, 0.2) is 34.6 Å². The Kier molecular flexibility index (Phi) is 3.71. The van der Waals surface area contributed by atoms with Crippen LogP contribution in [0, 0.1) is 0 Å². The molecule has 2 rings (SSSR count). The van der Waals surface area contributed by atoms with Gasteiger partial charge in [-0.25, -0.2) is 4.98 Å². The van der Waals surface area contributed by atoms with E-state index in [0.29, 0.717) is 6.54 Å². The van der Waals surface area contributed by atoms with Gasteiger partial charge in [0.15, 0.2) is 0 Å². The number of nitrogens with zero attached hydrogens (tertiary/aromatic N) is 2. The average Bonchev–Trinajstić information content (AvgIpc) is 2.80. The summed E-state index contributed by atoms with van der Waals surface area (Å²) in [5.41, 5.74) is 0.879. The molecule has 0 N–H and O–H groups in total. The topological polar surface area (TPSA) is 44.1 Å². The summed E-state index contributed by atoms with van der Waals surface area (Å²) in [6.45, 7) is 2.46. The Morgan fingerprint density at radius 3 is 3.06 bits per heavy atom. The van der Waals surface area contributed by atoms with Crippen molar-refractivity contribution < 1.29 is 4.74 Å². The molecule has 0 bridgehead atoms. The van der Waals surface area contributed by atoms with E-state index >= 15 is 0 Å². The van der Waals surface area contributed by atoms with Crippen molar-refractivity contribution in [1.29, 1.82) is 0 Å². The summed E-state index contributed by atoms with van der Waals surface area (Å²) in [6, 6.07) is 5.12. The Bertz CT molecular complexity index is 547. The molecule has 0 aromatic carbocycles. The van der Waals surface area contributed by atoms with Gasteiger partial charge in [0, 0.05) is 24.8 Å². The first-order valence-electron chi connectivity index (χ1n) is 5.33. The van der Waals surface area contributed by atoms with E-state index in [1.165, 1.54) is 0 Å². The minimum absolute atomic E-state index is 0.00115. The van der Waals surface area contributed by atoms with Gasteiger partial charge in [-0.15, -0.1) is 11.3 Å². The smallest absolute Gasteiger partial charge is 0.250 e. The maximum atomic E-state index is 11.5. The number of rotatable bonds is 4. The van der Waals surface area contributed by atoms with Gasteiger partial charge in [-0.1, -0.05) is 6.07 Å². The first kappa shape index (κ1) is 12.0. The van der Waals surface area contributed by atoms with E-state index < -0.39 is 0 Å². The lowest BCUT2D eigenvalue weighted by Gasteiger charge is -2.04. The van der Waals surface area contributed by atoms with Crippen LogP contribution in [0.3, 0.4) is 0 Å². The molecule has 17 heavy (non-hydrogen) atoms. The molecule has 0 saturated carbocycles. The molecule has 1 atom stereocenters. The van der Waals surface area contributed by atoms with Crippen LogP contribution in [0.2, 0.25) is 0 Å². The molecule has 5 heteroatoms. The zero-order valence-corrected chi connectivity index (χ0v) is 10.6. The lowest BCUT2D eigenvalue weighted by atomic mass is 10.4. The molecule has 0 aliphatic heterocycles. The third kappa shape index (κ3) is 2.81. The fourth-order valence-corrected chi connectivity index (χ4v) is 2.29. The van der Waals surface area contributed by atoms with Crippen molar-refractivity contribution in [3.63, 3.8) is 0 Å². The van der Waals surface area contributed by atoms with Gasteiger partial charge in [0.2, 0.25) is 0 Å². The molecule has 0 amide bonds. The summed E-state index contributed by atoms with van der Waals surface area (Å²) in [5.74, 6) is 0. The first-order chi connectivity index (χ1) is 8.20. The van der Waals surface area contributed by atoms with Crippen LogP contribution >= 0.6 is 11.3 Å². The van der Waals surface area contributed by atoms with Crippen LogP contribution in [0.25, 0.3) is 0 Å². The van der Waals surface area contributed by atoms with E-state index in [9.17, 15) is 4.79 Å². The Morgan fingerprint density at radius 2 is 2.35 bits per heavy atom. The van der Waals surface area contributed by atoms with Crippen LogP contribution in [0.4, 0.5) is 0 Å². The molecular weight excluding hydrogens is 236 g/mol. The summed E-state index contributed by atoms with van der Waals surface area (Å²) < 4.78 is 6.84. The molecule has 2 aromatic heterocycles. The maximum Gasteiger partial charge on any atom is 0.250 e. The number of hydrogen-bond donors (Lipinski definition) is 0. The second-order valence-electron chi connectivity index (χ2n) is 3.72. The summed E-state index contributed by atoms with van der Waals surface area (Å²) in [4.78, 5) is 16.0. The van der Waals surface area contributed by atoms with Gasteiger partial charge in [-0.2, -0.15) is 0 Å². The van der Waals surface area contributed by atoms with Crippen molar-refractivity contribution in [3.05, 3.63) is 50.8 Å². The highest BCUT2D eigenvalue weighted by molar-refractivity contribution is 7.09. The number of ether oxygens (including phenoxy) is 1. The van der Waals surface area contributed by atoms with Gasteiger partial charge in [-0.05, 0) is 13.0 Å². The highest BCUT2D eigenvalue weighted by Gasteiger charge is 2.09. The summed E-state index contributed by atoms with van der Waals surface area (Å²) in [7, 11) is 1.66. The summed E-state index contributed by atoms with van der Waals surface area (Å²) in [6.07, 6.45) is 1.77. The third-order valence-electron chi connectivity index (χ3n) is 2.50. The Labute approximate surface area is 104 Å². The minimum atomic E-state index is -0.0122. The zero-order valence-electron chi connectivity index (χ0n) is 9.79. The van der Waals surface area contributed by atoms with Gasteiger partial charge in [-0.3, -0.25) is 4.79 Å². The van der Waals surface area contributed by atoms with Gasteiger partial charge >= 0.3 is 0 Å². The predicted molar refractivity (Wildman–Crippen MR) is 67.3 cm³/mol. The highest BCUT2D eigenvalue weighted by atomic mass is 32.1. The molecule has 0 fully saturated rings. The minimum Gasteiger partial charge on any atom is -0.375 e. The second-order valence-corrected chi connectivity index (χ2v) is 4.61. The van der Waals surface area contributed by atoms with Crippen LogP contribution < -0.4 is 5.56 Å². The van der Waals surface area contributed by atoms with Crippen molar-refractivity contribution in [2.75, 3.05) is 7.11 Å². The zero-order chi connectivity index (χ0) is 12.3.